The van der Waals surface area contributed by atoms with Gasteiger partial charge in [-0.3, -0.25) is 0 Å². The zero-order chi connectivity index (χ0) is 11.7. The lowest BCUT2D eigenvalue weighted by Gasteiger charge is -2.09. The van der Waals surface area contributed by atoms with Crippen molar-refractivity contribution in [3.63, 3.8) is 0 Å². The summed E-state index contributed by atoms with van der Waals surface area (Å²) in [5, 5.41) is 1.24. The van der Waals surface area contributed by atoms with Gasteiger partial charge in [-0.05, 0) is 42.6 Å². The van der Waals surface area contributed by atoms with Crippen molar-refractivity contribution in [2.75, 3.05) is 0 Å². The molecule has 16 heavy (non-hydrogen) atoms. The second-order valence-electron chi connectivity index (χ2n) is 4.28. The fourth-order valence-corrected chi connectivity index (χ4v) is 3.14. The summed E-state index contributed by atoms with van der Waals surface area (Å²) in [6.45, 7) is 10.7. The molecule has 1 aromatic heterocycles. The normalized spacial score (nSPS) is 13.9. The molecule has 0 radical (unpaired) electrons. The van der Waals surface area contributed by atoms with Crippen LogP contribution in [0.25, 0.3) is 17.4 Å². The molecule has 0 aromatic carbocycles. The van der Waals surface area contributed by atoms with E-state index in [9.17, 15) is 0 Å². The molecule has 0 aliphatic heterocycles. The van der Waals surface area contributed by atoms with Crippen LogP contribution in [0.4, 0.5) is 0 Å². The zero-order valence-electron chi connectivity index (χ0n) is 10.1. The second-order valence-corrected chi connectivity index (χ2v) is 5.33. The lowest BCUT2D eigenvalue weighted by Crippen LogP contribution is -2.22. The number of thiophene rings is 1. The molecule has 1 unspecified atom stereocenters. The Morgan fingerprint density at radius 2 is 2.31 bits per heavy atom. The van der Waals surface area contributed by atoms with Crippen molar-refractivity contribution in [1.82, 2.24) is 0 Å². The van der Waals surface area contributed by atoms with Crippen LogP contribution in [-0.4, -0.2) is 0 Å². The summed E-state index contributed by atoms with van der Waals surface area (Å²) in [6, 6.07) is 0. The Morgan fingerprint density at radius 1 is 1.56 bits per heavy atom. The molecule has 1 aliphatic carbocycles. The topological polar surface area (TPSA) is 0 Å². The van der Waals surface area contributed by atoms with Crippen molar-refractivity contribution >= 4 is 28.7 Å². The van der Waals surface area contributed by atoms with E-state index in [0.717, 1.165) is 12.0 Å². The lowest BCUT2D eigenvalue weighted by molar-refractivity contribution is 0.730. The number of rotatable bonds is 3. The van der Waals surface area contributed by atoms with Crippen molar-refractivity contribution < 1.29 is 0 Å². The van der Waals surface area contributed by atoms with Crippen LogP contribution in [0, 0.1) is 0 Å². The van der Waals surface area contributed by atoms with Crippen LogP contribution in [-0.2, 0) is 0 Å². The molecule has 2 rings (SSSR count). The monoisotopic (exact) mass is 228 g/mol. The SMILES string of the molecule is C=C(C)c1sc2c(c1C(C)CC)=C=C=CC=2. The van der Waals surface area contributed by atoms with E-state index in [4.69, 9.17) is 0 Å². The van der Waals surface area contributed by atoms with Crippen LogP contribution < -0.4 is 9.75 Å². The Kier molecular flexibility index (Phi) is 3.03. The Balaban J connectivity index is 2.84. The van der Waals surface area contributed by atoms with E-state index in [1.807, 2.05) is 17.4 Å². The quantitative estimate of drug-likeness (QED) is 0.697. The van der Waals surface area contributed by atoms with Crippen molar-refractivity contribution in [2.24, 2.45) is 0 Å². The summed E-state index contributed by atoms with van der Waals surface area (Å²) < 4.78 is 1.30. The van der Waals surface area contributed by atoms with Gasteiger partial charge >= 0.3 is 0 Å². The van der Waals surface area contributed by atoms with E-state index >= 15 is 0 Å². The van der Waals surface area contributed by atoms with Crippen LogP contribution in [0.3, 0.4) is 0 Å². The highest BCUT2D eigenvalue weighted by Gasteiger charge is 2.15. The summed E-state index contributed by atoms with van der Waals surface area (Å²) in [5.41, 5.74) is 8.88. The van der Waals surface area contributed by atoms with Gasteiger partial charge in [-0.25, -0.2) is 0 Å². The molecule has 1 heteroatoms. The second kappa shape index (κ2) is 4.31. The van der Waals surface area contributed by atoms with Crippen molar-refractivity contribution in [3.8, 4) is 0 Å². The third-order valence-electron chi connectivity index (χ3n) is 2.98. The standard InChI is InChI=1S/C15H16S/c1-5-11(4)14-12-8-6-7-9-13(12)16-15(14)10(2)3/h7,9,11H,2,5H2,1,3-4H3. The summed E-state index contributed by atoms with van der Waals surface area (Å²) in [7, 11) is 0. The highest BCUT2D eigenvalue weighted by Crippen LogP contribution is 2.26. The Bertz CT molecular complexity index is 615. The molecule has 1 heterocycles. The molecule has 1 aliphatic rings. The number of allylic oxidation sites excluding steroid dienone is 2. The first-order valence-corrected chi connectivity index (χ1v) is 6.47. The van der Waals surface area contributed by atoms with Gasteiger partial charge in [0.05, 0.1) is 0 Å². The van der Waals surface area contributed by atoms with E-state index in [2.05, 4.69) is 44.9 Å². The summed E-state index contributed by atoms with van der Waals surface area (Å²) in [6.07, 6.45) is 5.20. The molecule has 0 amide bonds. The van der Waals surface area contributed by atoms with E-state index < -0.39 is 0 Å². The van der Waals surface area contributed by atoms with Crippen LogP contribution in [0.1, 0.15) is 43.6 Å². The summed E-state index contributed by atoms with van der Waals surface area (Å²) >= 11 is 1.82. The molecule has 1 aromatic rings. The maximum absolute atomic E-state index is 4.08. The van der Waals surface area contributed by atoms with Gasteiger partial charge in [0, 0.05) is 14.6 Å². The largest absolute Gasteiger partial charge is 0.135 e. The molecular formula is C15H16S. The van der Waals surface area contributed by atoms with Gasteiger partial charge < -0.3 is 0 Å². The first-order valence-electron chi connectivity index (χ1n) is 5.65. The molecule has 0 N–H and O–H groups in total. The van der Waals surface area contributed by atoms with Crippen LogP contribution in [0.5, 0.6) is 0 Å². The molecule has 82 valence electrons. The van der Waals surface area contributed by atoms with Crippen LogP contribution in [0.2, 0.25) is 0 Å². The minimum atomic E-state index is 0.562. The van der Waals surface area contributed by atoms with E-state index in [1.165, 1.54) is 20.2 Å². The predicted molar refractivity (Wildman–Crippen MR) is 72.9 cm³/mol. The molecular weight excluding hydrogens is 212 g/mol. The fraction of sp³-hybridized carbons (Fsp3) is 0.333. The van der Waals surface area contributed by atoms with Gasteiger partial charge in [0.2, 0.25) is 0 Å². The van der Waals surface area contributed by atoms with Gasteiger partial charge in [-0.1, -0.05) is 31.9 Å². The van der Waals surface area contributed by atoms with Gasteiger partial charge in [0.1, 0.15) is 0 Å². The van der Waals surface area contributed by atoms with Gasteiger partial charge in [0.15, 0.2) is 0 Å². The van der Waals surface area contributed by atoms with Crippen molar-refractivity contribution in [2.45, 2.75) is 33.1 Å². The van der Waals surface area contributed by atoms with Crippen LogP contribution in [0.15, 0.2) is 18.4 Å². The van der Waals surface area contributed by atoms with Crippen molar-refractivity contribution in [1.29, 1.82) is 0 Å². The number of hydrogen-bond acceptors (Lipinski definition) is 1. The van der Waals surface area contributed by atoms with Crippen LogP contribution >= 0.6 is 11.3 Å². The smallest absolute Gasteiger partial charge is 0.0470 e. The van der Waals surface area contributed by atoms with E-state index in [1.54, 1.807) is 0 Å². The first-order chi connectivity index (χ1) is 7.65. The van der Waals surface area contributed by atoms with Gasteiger partial charge in [-0.15, -0.1) is 11.3 Å². The number of hydrogen-bond donors (Lipinski definition) is 0. The zero-order valence-corrected chi connectivity index (χ0v) is 10.9. The summed E-state index contributed by atoms with van der Waals surface area (Å²) in [4.78, 5) is 1.33. The molecule has 0 spiro atoms. The van der Waals surface area contributed by atoms with E-state index in [-0.39, 0.29) is 0 Å². The highest BCUT2D eigenvalue weighted by atomic mass is 32.1. The molecule has 0 saturated heterocycles. The first kappa shape index (κ1) is 11.2. The maximum Gasteiger partial charge on any atom is 0.0470 e. The molecule has 0 bridgehead atoms. The number of fused-ring (bicyclic) bond motifs is 1. The third-order valence-corrected chi connectivity index (χ3v) is 4.31. The minimum Gasteiger partial charge on any atom is -0.135 e. The average molecular weight is 228 g/mol. The predicted octanol–water partition coefficient (Wildman–Crippen LogP) is 3.18. The fourth-order valence-electron chi connectivity index (χ4n) is 1.93. The average Bonchev–Trinajstić information content (AvgIpc) is 2.67. The van der Waals surface area contributed by atoms with Crippen molar-refractivity contribution in [3.05, 3.63) is 38.6 Å². The Hall–Kier alpha value is -1.26. The summed E-state index contributed by atoms with van der Waals surface area (Å²) in [5.74, 6) is 0.562. The molecule has 0 saturated carbocycles. The Morgan fingerprint density at radius 3 is 2.94 bits per heavy atom. The Labute approximate surface area is 101 Å². The molecule has 0 fully saturated rings. The maximum atomic E-state index is 4.08. The molecule has 1 atom stereocenters. The van der Waals surface area contributed by atoms with Gasteiger partial charge in [0.25, 0.3) is 0 Å². The van der Waals surface area contributed by atoms with Gasteiger partial charge in [-0.2, -0.15) is 0 Å². The third kappa shape index (κ3) is 1.74. The lowest BCUT2D eigenvalue weighted by atomic mass is 9.95. The van der Waals surface area contributed by atoms with E-state index in [0.29, 0.717) is 5.92 Å². The highest BCUT2D eigenvalue weighted by molar-refractivity contribution is 7.11. The minimum absolute atomic E-state index is 0.562. The molecule has 0 nitrogen and oxygen atoms in total.